The number of aromatic nitrogens is 2. The van der Waals surface area contributed by atoms with Gasteiger partial charge in [-0.25, -0.2) is 0 Å². The molecule has 0 aliphatic rings. The quantitative estimate of drug-likeness (QED) is 0.440. The summed E-state index contributed by atoms with van der Waals surface area (Å²) in [6.07, 6.45) is 3.64. The zero-order valence-electron chi connectivity index (χ0n) is 9.97. The largest absolute Gasteiger partial charge is 0.254 e. The zero-order chi connectivity index (χ0) is 12.8. The predicted octanol–water partition coefficient (Wildman–Crippen LogP) is 4.70. The molecule has 4 aromatic rings. The first kappa shape index (κ1) is 10.9. The summed E-state index contributed by atoms with van der Waals surface area (Å²) in [4.78, 5) is 9.02. The van der Waals surface area contributed by atoms with E-state index in [2.05, 4.69) is 56.2 Å². The van der Waals surface area contributed by atoms with Crippen LogP contribution in [0.3, 0.4) is 0 Å². The van der Waals surface area contributed by atoms with Gasteiger partial charge in [-0.1, -0.05) is 34.1 Å². The SMILES string of the molecule is Brc1ccc2c(c1)c1cccnc1c1ncccc21. The lowest BCUT2D eigenvalue weighted by atomic mass is 10.0. The number of fused-ring (bicyclic) bond motifs is 6. The first-order chi connectivity index (χ1) is 9.34. The Labute approximate surface area is 118 Å². The summed E-state index contributed by atoms with van der Waals surface area (Å²) in [7, 11) is 0. The lowest BCUT2D eigenvalue weighted by molar-refractivity contribution is 1.38. The molecule has 19 heavy (non-hydrogen) atoms. The molecule has 0 amide bonds. The van der Waals surface area contributed by atoms with Crippen molar-refractivity contribution in [3.05, 3.63) is 59.3 Å². The number of hydrogen-bond donors (Lipinski definition) is 0. The van der Waals surface area contributed by atoms with Crippen molar-refractivity contribution in [1.29, 1.82) is 0 Å². The summed E-state index contributed by atoms with van der Waals surface area (Å²) in [5.74, 6) is 0. The molecule has 2 aromatic carbocycles. The van der Waals surface area contributed by atoms with Gasteiger partial charge in [0, 0.05) is 27.6 Å². The summed E-state index contributed by atoms with van der Waals surface area (Å²) in [6, 6.07) is 14.5. The first-order valence-electron chi connectivity index (χ1n) is 6.05. The van der Waals surface area contributed by atoms with Crippen molar-refractivity contribution in [3.63, 3.8) is 0 Å². The summed E-state index contributed by atoms with van der Waals surface area (Å²) < 4.78 is 1.08. The van der Waals surface area contributed by atoms with Gasteiger partial charge < -0.3 is 0 Å². The molecule has 0 unspecified atom stereocenters. The maximum atomic E-state index is 4.51. The first-order valence-corrected chi connectivity index (χ1v) is 6.84. The van der Waals surface area contributed by atoms with Crippen LogP contribution in [0.25, 0.3) is 32.6 Å². The Balaban J connectivity index is 2.43. The summed E-state index contributed by atoms with van der Waals surface area (Å²) in [5.41, 5.74) is 1.93. The highest BCUT2D eigenvalue weighted by atomic mass is 79.9. The van der Waals surface area contributed by atoms with E-state index in [1.165, 1.54) is 10.8 Å². The van der Waals surface area contributed by atoms with Gasteiger partial charge >= 0.3 is 0 Å². The Kier molecular flexibility index (Phi) is 2.29. The van der Waals surface area contributed by atoms with E-state index in [1.54, 1.807) is 0 Å². The van der Waals surface area contributed by atoms with Crippen LogP contribution in [0, 0.1) is 0 Å². The number of pyridine rings is 2. The molecular weight excluding hydrogens is 300 g/mol. The molecule has 0 saturated carbocycles. The zero-order valence-corrected chi connectivity index (χ0v) is 11.6. The highest BCUT2D eigenvalue weighted by Crippen LogP contribution is 2.33. The fourth-order valence-corrected chi connectivity index (χ4v) is 2.96. The van der Waals surface area contributed by atoms with Crippen LogP contribution in [-0.2, 0) is 0 Å². The molecule has 0 bridgehead atoms. The average Bonchev–Trinajstić information content (AvgIpc) is 2.47. The third-order valence-electron chi connectivity index (χ3n) is 3.40. The second kappa shape index (κ2) is 4.00. The smallest absolute Gasteiger partial charge is 0.0970 e. The molecular formula is C16H9BrN2. The Morgan fingerprint density at radius 1 is 0.684 bits per heavy atom. The molecule has 2 aromatic heterocycles. The minimum Gasteiger partial charge on any atom is -0.254 e. The maximum absolute atomic E-state index is 4.51. The number of halogens is 1. The molecule has 0 N–H and O–H groups in total. The van der Waals surface area contributed by atoms with Crippen molar-refractivity contribution in [2.75, 3.05) is 0 Å². The van der Waals surface area contributed by atoms with Gasteiger partial charge in [0.1, 0.15) is 0 Å². The van der Waals surface area contributed by atoms with E-state index in [4.69, 9.17) is 0 Å². The van der Waals surface area contributed by atoms with Gasteiger partial charge in [-0.2, -0.15) is 0 Å². The van der Waals surface area contributed by atoms with E-state index in [1.807, 2.05) is 24.5 Å². The molecule has 2 heterocycles. The summed E-state index contributed by atoms with van der Waals surface area (Å²) >= 11 is 3.55. The van der Waals surface area contributed by atoms with Gasteiger partial charge in [-0.05, 0) is 35.0 Å². The molecule has 3 heteroatoms. The summed E-state index contributed by atoms with van der Waals surface area (Å²) in [5, 5.41) is 4.71. The molecule has 0 spiro atoms. The average molecular weight is 309 g/mol. The van der Waals surface area contributed by atoms with E-state index in [0.29, 0.717) is 0 Å². The lowest BCUT2D eigenvalue weighted by Gasteiger charge is -2.08. The van der Waals surface area contributed by atoms with Crippen LogP contribution in [-0.4, -0.2) is 9.97 Å². The minimum atomic E-state index is 0.962. The molecule has 2 nitrogen and oxygen atoms in total. The topological polar surface area (TPSA) is 25.8 Å². The fourth-order valence-electron chi connectivity index (χ4n) is 2.60. The van der Waals surface area contributed by atoms with Crippen LogP contribution in [0.1, 0.15) is 0 Å². The van der Waals surface area contributed by atoms with Crippen LogP contribution in [0.4, 0.5) is 0 Å². The van der Waals surface area contributed by atoms with Crippen molar-refractivity contribution in [1.82, 2.24) is 9.97 Å². The Hall–Kier alpha value is -2.00. The van der Waals surface area contributed by atoms with Crippen LogP contribution >= 0.6 is 15.9 Å². The number of benzene rings is 2. The highest BCUT2D eigenvalue weighted by Gasteiger charge is 2.09. The molecule has 0 saturated heterocycles. The van der Waals surface area contributed by atoms with E-state index in [-0.39, 0.29) is 0 Å². The molecule has 0 aliphatic carbocycles. The van der Waals surface area contributed by atoms with Crippen molar-refractivity contribution in [3.8, 4) is 0 Å². The van der Waals surface area contributed by atoms with Gasteiger partial charge in [0.05, 0.1) is 11.0 Å². The van der Waals surface area contributed by atoms with E-state index >= 15 is 0 Å². The van der Waals surface area contributed by atoms with E-state index < -0.39 is 0 Å². The van der Waals surface area contributed by atoms with Crippen molar-refractivity contribution in [2.24, 2.45) is 0 Å². The fraction of sp³-hybridized carbons (Fsp3) is 0. The molecule has 0 radical (unpaired) electrons. The predicted molar refractivity (Wildman–Crippen MR) is 82.3 cm³/mol. The van der Waals surface area contributed by atoms with Gasteiger partial charge in [-0.15, -0.1) is 0 Å². The number of rotatable bonds is 0. The second-order valence-corrected chi connectivity index (χ2v) is 5.40. The maximum Gasteiger partial charge on any atom is 0.0970 e. The van der Waals surface area contributed by atoms with E-state index in [0.717, 1.165) is 26.3 Å². The normalized spacial score (nSPS) is 11.4. The molecule has 4 rings (SSSR count). The second-order valence-electron chi connectivity index (χ2n) is 4.49. The third kappa shape index (κ3) is 1.55. The lowest BCUT2D eigenvalue weighted by Crippen LogP contribution is -1.87. The van der Waals surface area contributed by atoms with Gasteiger partial charge in [-0.3, -0.25) is 9.97 Å². The highest BCUT2D eigenvalue weighted by molar-refractivity contribution is 9.10. The number of nitrogens with zero attached hydrogens (tertiary/aromatic N) is 2. The summed E-state index contributed by atoms with van der Waals surface area (Å²) in [6.45, 7) is 0. The number of hydrogen-bond acceptors (Lipinski definition) is 2. The van der Waals surface area contributed by atoms with Crippen molar-refractivity contribution < 1.29 is 0 Å². The third-order valence-corrected chi connectivity index (χ3v) is 3.89. The Bertz CT molecular complexity index is 896. The molecule has 0 fully saturated rings. The van der Waals surface area contributed by atoms with Crippen molar-refractivity contribution >= 4 is 48.5 Å². The van der Waals surface area contributed by atoms with Gasteiger partial charge in [0.15, 0.2) is 0 Å². The molecule has 0 aliphatic heterocycles. The van der Waals surface area contributed by atoms with Gasteiger partial charge in [0.2, 0.25) is 0 Å². The minimum absolute atomic E-state index is 0.962. The Morgan fingerprint density at radius 3 is 2.00 bits per heavy atom. The Morgan fingerprint density at radius 2 is 1.32 bits per heavy atom. The van der Waals surface area contributed by atoms with Crippen LogP contribution in [0.5, 0.6) is 0 Å². The monoisotopic (exact) mass is 308 g/mol. The van der Waals surface area contributed by atoms with Crippen LogP contribution < -0.4 is 0 Å². The molecule has 90 valence electrons. The molecule has 0 atom stereocenters. The standard InChI is InChI=1S/C16H9BrN2/c17-10-5-6-11-12-3-1-7-18-15(12)16-13(14(11)9-10)4-2-8-19-16/h1-9H. The van der Waals surface area contributed by atoms with Crippen LogP contribution in [0.2, 0.25) is 0 Å². The van der Waals surface area contributed by atoms with Crippen LogP contribution in [0.15, 0.2) is 59.3 Å². The van der Waals surface area contributed by atoms with E-state index in [9.17, 15) is 0 Å². The van der Waals surface area contributed by atoms with Gasteiger partial charge in [0.25, 0.3) is 0 Å². The van der Waals surface area contributed by atoms with Crippen molar-refractivity contribution in [2.45, 2.75) is 0 Å².